The van der Waals surface area contributed by atoms with E-state index in [4.69, 9.17) is 11.6 Å². The molecule has 2 rings (SSSR count). The SMILES string of the molecule is CCC(=O)C(c1cnc(Cl)c(N(C)C(C(C)=O)c2ccncc2)c1)N(C)C. The van der Waals surface area contributed by atoms with Crippen molar-refractivity contribution in [2.24, 2.45) is 0 Å². The van der Waals surface area contributed by atoms with Crippen LogP contribution in [0.15, 0.2) is 36.8 Å². The molecule has 0 N–H and O–H groups in total. The first-order valence-electron chi connectivity index (χ1n) is 8.75. The number of pyridine rings is 2. The van der Waals surface area contributed by atoms with Crippen molar-refractivity contribution >= 4 is 28.9 Å². The van der Waals surface area contributed by atoms with Gasteiger partial charge in [0.15, 0.2) is 16.7 Å². The lowest BCUT2D eigenvalue weighted by atomic mass is 10.00. The van der Waals surface area contributed by atoms with Gasteiger partial charge in [0.1, 0.15) is 6.04 Å². The second-order valence-corrected chi connectivity index (χ2v) is 7.03. The summed E-state index contributed by atoms with van der Waals surface area (Å²) in [5.74, 6) is 0.0638. The van der Waals surface area contributed by atoms with Crippen LogP contribution in [0.3, 0.4) is 0 Å². The fourth-order valence-corrected chi connectivity index (χ4v) is 3.47. The molecule has 0 amide bonds. The van der Waals surface area contributed by atoms with Gasteiger partial charge in [-0.25, -0.2) is 4.98 Å². The summed E-state index contributed by atoms with van der Waals surface area (Å²) in [6.45, 7) is 3.38. The van der Waals surface area contributed by atoms with Crippen molar-refractivity contribution in [3.05, 3.63) is 53.1 Å². The van der Waals surface area contributed by atoms with Crippen LogP contribution in [0.25, 0.3) is 0 Å². The van der Waals surface area contributed by atoms with E-state index in [9.17, 15) is 9.59 Å². The molecule has 0 fully saturated rings. The van der Waals surface area contributed by atoms with Crippen molar-refractivity contribution in [1.29, 1.82) is 0 Å². The molecule has 2 heterocycles. The van der Waals surface area contributed by atoms with Gasteiger partial charge in [0.05, 0.1) is 11.7 Å². The van der Waals surface area contributed by atoms with E-state index >= 15 is 0 Å². The minimum atomic E-state index is -0.526. The minimum absolute atomic E-state index is 0.0287. The summed E-state index contributed by atoms with van der Waals surface area (Å²) in [4.78, 5) is 36.7. The summed E-state index contributed by atoms with van der Waals surface area (Å²) < 4.78 is 0. The maximum absolute atomic E-state index is 12.4. The van der Waals surface area contributed by atoms with E-state index in [-0.39, 0.29) is 16.7 Å². The molecule has 2 unspecified atom stereocenters. The van der Waals surface area contributed by atoms with Crippen LogP contribution in [-0.2, 0) is 9.59 Å². The predicted molar refractivity (Wildman–Crippen MR) is 107 cm³/mol. The quantitative estimate of drug-likeness (QED) is 0.645. The molecule has 0 aliphatic heterocycles. The Bertz CT molecular complexity index is 811. The van der Waals surface area contributed by atoms with Gasteiger partial charge in [-0.05, 0) is 50.3 Å². The molecule has 0 aliphatic carbocycles. The van der Waals surface area contributed by atoms with Gasteiger partial charge in [-0.2, -0.15) is 0 Å². The Hall–Kier alpha value is -2.31. The minimum Gasteiger partial charge on any atom is -0.358 e. The molecule has 0 spiro atoms. The van der Waals surface area contributed by atoms with Crippen LogP contribution in [0.2, 0.25) is 5.15 Å². The summed E-state index contributed by atoms with van der Waals surface area (Å²) >= 11 is 6.35. The standard InChI is InChI=1S/C20H25ClN4O2/c1-6-17(27)19(24(3)4)15-11-16(20(21)23-12-15)25(5)18(13(2)26)14-7-9-22-10-8-14/h7-12,18-19H,6H2,1-5H3. The number of hydrogen-bond acceptors (Lipinski definition) is 6. The second kappa shape index (κ2) is 9.06. The molecule has 27 heavy (non-hydrogen) atoms. The van der Waals surface area contributed by atoms with Crippen molar-refractivity contribution in [2.75, 3.05) is 26.0 Å². The number of aromatic nitrogens is 2. The first-order chi connectivity index (χ1) is 12.8. The summed E-state index contributed by atoms with van der Waals surface area (Å²) in [7, 11) is 5.50. The predicted octanol–water partition coefficient (Wildman–Crippen LogP) is 3.48. The molecule has 2 aromatic rings. The zero-order valence-corrected chi connectivity index (χ0v) is 17.1. The Morgan fingerprint density at radius 2 is 1.74 bits per heavy atom. The van der Waals surface area contributed by atoms with Crippen molar-refractivity contribution in [3.8, 4) is 0 Å². The zero-order chi connectivity index (χ0) is 20.1. The van der Waals surface area contributed by atoms with E-state index in [1.807, 2.05) is 32.0 Å². The highest BCUT2D eigenvalue weighted by Gasteiger charge is 2.27. The first kappa shape index (κ1) is 21.0. The van der Waals surface area contributed by atoms with E-state index in [1.165, 1.54) is 6.92 Å². The third-order valence-electron chi connectivity index (χ3n) is 4.50. The van der Waals surface area contributed by atoms with Crippen molar-refractivity contribution in [3.63, 3.8) is 0 Å². The topological polar surface area (TPSA) is 66.4 Å². The lowest BCUT2D eigenvalue weighted by Gasteiger charge is -2.30. The van der Waals surface area contributed by atoms with Crippen molar-refractivity contribution in [1.82, 2.24) is 14.9 Å². The summed E-state index contributed by atoms with van der Waals surface area (Å²) in [6, 6.07) is 4.50. The van der Waals surface area contributed by atoms with Gasteiger partial charge in [0, 0.05) is 32.1 Å². The number of ketones is 2. The molecule has 0 bridgehead atoms. The molecule has 6 nitrogen and oxygen atoms in total. The largest absolute Gasteiger partial charge is 0.358 e. The average Bonchev–Trinajstić information content (AvgIpc) is 2.63. The Kier molecular flexibility index (Phi) is 7.05. The van der Waals surface area contributed by atoms with Crippen LogP contribution in [0.4, 0.5) is 5.69 Å². The molecule has 7 heteroatoms. The highest BCUT2D eigenvalue weighted by molar-refractivity contribution is 6.32. The number of anilines is 1. The van der Waals surface area contributed by atoms with E-state index in [0.29, 0.717) is 12.1 Å². The molecule has 144 valence electrons. The Labute approximate surface area is 165 Å². The molecule has 0 aromatic carbocycles. The molecule has 0 saturated heterocycles. The number of carbonyl (C=O) groups excluding carboxylic acids is 2. The normalized spacial score (nSPS) is 13.3. The molecule has 0 aliphatic rings. The van der Waals surface area contributed by atoms with Crippen LogP contribution in [0.1, 0.15) is 43.5 Å². The maximum atomic E-state index is 12.4. The Morgan fingerprint density at radius 3 is 2.26 bits per heavy atom. The van der Waals surface area contributed by atoms with Crippen LogP contribution >= 0.6 is 11.6 Å². The highest BCUT2D eigenvalue weighted by Crippen LogP contribution is 2.33. The molecule has 2 aromatic heterocycles. The summed E-state index contributed by atoms with van der Waals surface area (Å²) in [5, 5.41) is 0.281. The fraction of sp³-hybridized carbons (Fsp3) is 0.400. The number of nitrogens with zero attached hydrogens (tertiary/aromatic N) is 4. The van der Waals surface area contributed by atoms with E-state index < -0.39 is 12.1 Å². The average molecular weight is 389 g/mol. The van der Waals surface area contributed by atoms with E-state index in [0.717, 1.165) is 11.1 Å². The molecule has 0 saturated carbocycles. The maximum Gasteiger partial charge on any atom is 0.156 e. The third-order valence-corrected chi connectivity index (χ3v) is 4.79. The molecular formula is C20H25ClN4O2. The summed E-state index contributed by atoms with van der Waals surface area (Å²) in [5.41, 5.74) is 2.16. The number of halogens is 1. The van der Waals surface area contributed by atoms with Crippen molar-refractivity contribution < 1.29 is 9.59 Å². The molecular weight excluding hydrogens is 364 g/mol. The second-order valence-electron chi connectivity index (χ2n) is 6.67. The molecule has 0 radical (unpaired) electrons. The van der Waals surface area contributed by atoms with Crippen LogP contribution < -0.4 is 4.90 Å². The third kappa shape index (κ3) is 4.70. The van der Waals surface area contributed by atoms with Gasteiger partial charge in [0.2, 0.25) is 0 Å². The van der Waals surface area contributed by atoms with Gasteiger partial charge < -0.3 is 4.90 Å². The fourth-order valence-electron chi connectivity index (χ4n) is 3.23. The van der Waals surface area contributed by atoms with Gasteiger partial charge in [-0.3, -0.25) is 19.5 Å². The lowest BCUT2D eigenvalue weighted by molar-refractivity contribution is -0.123. The van der Waals surface area contributed by atoms with E-state index in [2.05, 4.69) is 9.97 Å². The number of likely N-dealkylation sites (N-methyl/N-ethyl adjacent to an activating group) is 2. The lowest BCUT2D eigenvalue weighted by Crippen LogP contribution is -2.31. The van der Waals surface area contributed by atoms with Crippen molar-refractivity contribution in [2.45, 2.75) is 32.4 Å². The van der Waals surface area contributed by atoms with Gasteiger partial charge >= 0.3 is 0 Å². The summed E-state index contributed by atoms with van der Waals surface area (Å²) in [6.07, 6.45) is 5.34. The first-order valence-corrected chi connectivity index (χ1v) is 9.13. The smallest absolute Gasteiger partial charge is 0.156 e. The Morgan fingerprint density at radius 1 is 1.11 bits per heavy atom. The van der Waals surface area contributed by atoms with Gasteiger partial charge in [0.25, 0.3) is 0 Å². The Balaban J connectivity index is 2.50. The number of hydrogen-bond donors (Lipinski definition) is 0. The number of rotatable bonds is 8. The number of carbonyl (C=O) groups is 2. The van der Waals surface area contributed by atoms with Gasteiger partial charge in [-0.1, -0.05) is 18.5 Å². The highest BCUT2D eigenvalue weighted by atomic mass is 35.5. The number of Topliss-reactive ketones (excluding diaryl/α,β-unsaturated/α-hetero) is 2. The van der Waals surface area contributed by atoms with Gasteiger partial charge in [-0.15, -0.1) is 0 Å². The van der Waals surface area contributed by atoms with Crippen LogP contribution in [-0.4, -0.2) is 47.6 Å². The van der Waals surface area contributed by atoms with E-state index in [1.54, 1.807) is 42.7 Å². The van der Waals surface area contributed by atoms with Crippen LogP contribution in [0, 0.1) is 0 Å². The monoisotopic (exact) mass is 388 g/mol. The molecule has 2 atom stereocenters. The zero-order valence-electron chi connectivity index (χ0n) is 16.3. The van der Waals surface area contributed by atoms with Crippen LogP contribution in [0.5, 0.6) is 0 Å².